The smallest absolute Gasteiger partial charge is 0.326 e. The van der Waals surface area contributed by atoms with Crippen molar-refractivity contribution in [3.05, 3.63) is 0 Å². The van der Waals surface area contributed by atoms with E-state index in [0.717, 1.165) is 4.90 Å². The molecule has 19 N–H and O–H groups in total. The van der Waals surface area contributed by atoms with Crippen LogP contribution in [0.25, 0.3) is 0 Å². The van der Waals surface area contributed by atoms with Crippen molar-refractivity contribution < 1.29 is 72.9 Å². The molecule has 72 heavy (non-hydrogen) atoms. The number of carbonyl (C=O) groups is 12. The summed E-state index contributed by atoms with van der Waals surface area (Å²) >= 11 is 0. The van der Waals surface area contributed by atoms with Crippen LogP contribution in [0.15, 0.2) is 4.99 Å². The summed E-state index contributed by atoms with van der Waals surface area (Å²) in [6.07, 6.45) is -2.75. The molecule has 406 valence electrons. The molecule has 0 aromatic rings. The minimum absolute atomic E-state index is 0.00576. The third-order valence-electron chi connectivity index (χ3n) is 10.8. The van der Waals surface area contributed by atoms with E-state index in [-0.39, 0.29) is 63.0 Å². The molecule has 29 nitrogen and oxygen atoms in total. The summed E-state index contributed by atoms with van der Waals surface area (Å²) in [7, 11) is 0. The second-order valence-electron chi connectivity index (χ2n) is 18.3. The number of aliphatic carboxylic acids is 2. The molecular weight excluding hydrogens is 953 g/mol. The summed E-state index contributed by atoms with van der Waals surface area (Å²) in [5, 5.41) is 48.4. The summed E-state index contributed by atoms with van der Waals surface area (Å²) < 4.78 is 0. The van der Waals surface area contributed by atoms with Gasteiger partial charge in [0.15, 0.2) is 5.96 Å². The Kier molecular flexibility index (Phi) is 26.7. The van der Waals surface area contributed by atoms with Crippen LogP contribution < -0.4 is 65.5 Å². The van der Waals surface area contributed by atoms with Crippen molar-refractivity contribution in [1.29, 1.82) is 0 Å². The number of carboxylic acid groups (broad SMARTS) is 2. The number of carboxylic acids is 2. The van der Waals surface area contributed by atoms with E-state index in [2.05, 4.69) is 47.5 Å². The molecule has 0 aromatic carbocycles. The first kappa shape index (κ1) is 62.8. The maximum absolute atomic E-state index is 13.6. The number of carbonyl (C=O) groups excluding carboxylic acids is 10. The molecule has 1 fully saturated rings. The number of aliphatic hydroxyl groups is 1. The monoisotopic (exact) mass is 1030 g/mol. The van der Waals surface area contributed by atoms with E-state index in [0.29, 0.717) is 6.42 Å². The van der Waals surface area contributed by atoms with Gasteiger partial charge < -0.3 is 85.7 Å². The van der Waals surface area contributed by atoms with E-state index in [9.17, 15) is 72.9 Å². The van der Waals surface area contributed by atoms with E-state index >= 15 is 0 Å². The first-order valence-corrected chi connectivity index (χ1v) is 23.4. The molecule has 1 saturated heterocycles. The molecule has 1 aliphatic rings. The molecule has 1 heterocycles. The number of hydrogen-bond acceptors (Lipinski definition) is 15. The van der Waals surface area contributed by atoms with Crippen LogP contribution in [-0.4, -0.2) is 177 Å². The van der Waals surface area contributed by atoms with Gasteiger partial charge in [0.25, 0.3) is 0 Å². The minimum Gasteiger partial charge on any atom is -0.481 e. The Morgan fingerprint density at radius 2 is 1.12 bits per heavy atom. The fraction of sp³-hybridized carbons (Fsp3) is 0.698. The molecule has 0 spiro atoms. The van der Waals surface area contributed by atoms with E-state index in [4.69, 9.17) is 22.9 Å². The van der Waals surface area contributed by atoms with Crippen LogP contribution in [0.5, 0.6) is 0 Å². The van der Waals surface area contributed by atoms with Crippen LogP contribution in [0.3, 0.4) is 0 Å². The minimum atomic E-state index is -1.84. The lowest BCUT2D eigenvalue weighted by Gasteiger charge is -2.30. The summed E-state index contributed by atoms with van der Waals surface area (Å²) in [5.41, 5.74) is 21.7. The number of primary amides is 1. The molecular formula is C43H74N14O15. The number of nitrogens with two attached hydrogens (primary N) is 4. The van der Waals surface area contributed by atoms with E-state index in [1.807, 2.05) is 0 Å². The first-order chi connectivity index (χ1) is 33.4. The van der Waals surface area contributed by atoms with E-state index < -0.39 is 151 Å². The standard InChI is InChI=1S/C43H74N14O15/c1-19(2)14-25(38(67)50-22(6)35(64)52-24(10-8-12-48-43(46)47)37(66)56-33(23(7)58)41(70)57-13-9-11-29(57)42(71)72)51-31(60)18-49-36(65)27(16-30(45)59)54-40(69)28(17-32(61)62)55-39(68)26(15-20(3)4)53-34(63)21(5)44/h19-29,33,58H,8-18,44H2,1-7H3,(H2,45,59)(H,49,65)(H,50,67)(H,51,60)(H,52,64)(H,53,63)(H,54,69)(H,55,68)(H,56,66)(H,61,62)(H,71,72)(H4,46,47,48)/t21-,22-,23+,24-,25-,26-,27-,28-,29-,33-/m0/s1. The molecule has 0 aliphatic carbocycles. The van der Waals surface area contributed by atoms with Gasteiger partial charge in [-0.2, -0.15) is 0 Å². The van der Waals surface area contributed by atoms with Gasteiger partial charge in [0.1, 0.15) is 48.3 Å². The lowest BCUT2D eigenvalue weighted by molar-refractivity contribution is -0.150. The highest BCUT2D eigenvalue weighted by atomic mass is 16.4. The zero-order valence-electron chi connectivity index (χ0n) is 41.7. The van der Waals surface area contributed by atoms with Crippen molar-refractivity contribution in [2.75, 3.05) is 19.6 Å². The molecule has 0 radical (unpaired) electrons. The molecule has 0 bridgehead atoms. The van der Waals surface area contributed by atoms with Crippen LogP contribution in [0.2, 0.25) is 0 Å². The number of rotatable bonds is 31. The SMILES string of the molecule is CC(C)C[C@H](NC(=O)CNC(=O)[C@H](CC(N)=O)NC(=O)[C@H](CC(=O)O)NC(=O)[C@H](CC(C)C)NC(=O)[C@H](C)N)C(=O)N[C@@H](C)C(=O)N[C@@H](CCCN=C(N)N)C(=O)N[C@H](C(=O)N1CCC[C@H]1C(=O)O)[C@@H](C)O. The third kappa shape index (κ3) is 22.7. The zero-order chi connectivity index (χ0) is 55.2. The van der Waals surface area contributed by atoms with Gasteiger partial charge >= 0.3 is 11.9 Å². The van der Waals surface area contributed by atoms with Crippen molar-refractivity contribution in [3.8, 4) is 0 Å². The van der Waals surface area contributed by atoms with E-state index in [1.165, 1.54) is 20.8 Å². The fourth-order valence-corrected chi connectivity index (χ4v) is 7.14. The quantitative estimate of drug-likeness (QED) is 0.0175. The Morgan fingerprint density at radius 1 is 0.625 bits per heavy atom. The van der Waals surface area contributed by atoms with Gasteiger partial charge in [0, 0.05) is 13.1 Å². The van der Waals surface area contributed by atoms with Crippen LogP contribution in [0, 0.1) is 11.8 Å². The van der Waals surface area contributed by atoms with Gasteiger partial charge in [-0.1, -0.05) is 27.7 Å². The van der Waals surface area contributed by atoms with E-state index in [1.54, 1.807) is 27.7 Å². The summed E-state index contributed by atoms with van der Waals surface area (Å²) in [6, 6.07) is -12.8. The number of guanidine groups is 1. The summed E-state index contributed by atoms with van der Waals surface area (Å²) in [5.74, 6) is -13.2. The van der Waals surface area contributed by atoms with Crippen LogP contribution in [0.4, 0.5) is 0 Å². The summed E-state index contributed by atoms with van der Waals surface area (Å²) in [6.45, 7) is 9.98. The van der Waals surface area contributed by atoms with Gasteiger partial charge in [0.05, 0.1) is 31.5 Å². The number of amides is 10. The number of aliphatic imine (C=N–C) groups is 1. The maximum atomic E-state index is 13.6. The zero-order valence-corrected chi connectivity index (χ0v) is 41.7. The topological polar surface area (TPSA) is 481 Å². The average Bonchev–Trinajstić information content (AvgIpc) is 3.77. The van der Waals surface area contributed by atoms with Gasteiger partial charge in [-0.3, -0.25) is 57.7 Å². The van der Waals surface area contributed by atoms with Gasteiger partial charge in [-0.05, 0) is 71.1 Å². The highest BCUT2D eigenvalue weighted by Crippen LogP contribution is 2.20. The second kappa shape index (κ2) is 30.5. The molecule has 0 saturated carbocycles. The number of likely N-dealkylation sites (tertiary alicyclic amines) is 1. The molecule has 1 aliphatic heterocycles. The first-order valence-electron chi connectivity index (χ1n) is 23.4. The van der Waals surface area contributed by atoms with Crippen molar-refractivity contribution in [1.82, 2.24) is 47.4 Å². The maximum Gasteiger partial charge on any atom is 0.326 e. The van der Waals surface area contributed by atoms with Crippen LogP contribution in [-0.2, 0) is 57.5 Å². The average molecular weight is 1030 g/mol. The number of nitrogens with zero attached hydrogens (tertiary/aromatic N) is 2. The molecule has 10 amide bonds. The lowest BCUT2D eigenvalue weighted by Crippen LogP contribution is -2.60. The van der Waals surface area contributed by atoms with Crippen LogP contribution >= 0.6 is 0 Å². The summed E-state index contributed by atoms with van der Waals surface area (Å²) in [4.78, 5) is 160. The van der Waals surface area contributed by atoms with Crippen LogP contribution in [0.1, 0.15) is 99.8 Å². The van der Waals surface area contributed by atoms with Gasteiger partial charge in [0.2, 0.25) is 59.1 Å². The second-order valence-corrected chi connectivity index (χ2v) is 18.3. The highest BCUT2D eigenvalue weighted by molar-refractivity contribution is 5.99. The predicted octanol–water partition coefficient (Wildman–Crippen LogP) is -6.18. The van der Waals surface area contributed by atoms with Gasteiger partial charge in [-0.15, -0.1) is 0 Å². The molecule has 1 rings (SSSR count). The normalized spacial score (nSPS) is 16.9. The Labute approximate surface area is 416 Å². The molecule has 29 heteroatoms. The Bertz CT molecular complexity index is 1990. The molecule has 10 atom stereocenters. The van der Waals surface area contributed by atoms with Crippen molar-refractivity contribution in [2.24, 2.45) is 39.8 Å². The predicted molar refractivity (Wildman–Crippen MR) is 255 cm³/mol. The number of nitrogens with one attached hydrogen (secondary N) is 8. The number of aliphatic hydroxyl groups excluding tert-OH is 1. The van der Waals surface area contributed by atoms with Gasteiger partial charge in [-0.25, -0.2) is 4.79 Å². The largest absolute Gasteiger partial charge is 0.481 e. The van der Waals surface area contributed by atoms with Crippen molar-refractivity contribution in [3.63, 3.8) is 0 Å². The fourth-order valence-electron chi connectivity index (χ4n) is 7.14. The van der Waals surface area contributed by atoms with Crippen molar-refractivity contribution in [2.45, 2.75) is 160 Å². The van der Waals surface area contributed by atoms with Crippen molar-refractivity contribution >= 4 is 77.0 Å². The Balaban J connectivity index is 3.17. The Morgan fingerprint density at radius 3 is 1.62 bits per heavy atom. The Hall–Kier alpha value is -7.17. The molecule has 0 aromatic heterocycles. The highest BCUT2D eigenvalue weighted by Gasteiger charge is 2.40. The number of hydrogen-bond donors (Lipinski definition) is 15. The lowest BCUT2D eigenvalue weighted by atomic mass is 10.0. The molecule has 0 unspecified atom stereocenters. The third-order valence-corrected chi connectivity index (χ3v) is 10.8.